The number of carbonyl (C=O) groups excluding carboxylic acids is 1. The van der Waals surface area contributed by atoms with E-state index in [0.717, 1.165) is 12.0 Å². The molecule has 0 atom stereocenters. The van der Waals surface area contributed by atoms with E-state index >= 15 is 0 Å². The standard InChI is InChI=1S/C12H14N2O3/c1-8-3-4-9(11(15)16)7-10(8)14-6-2-5-13-12(14)17/h3-4,7H,2,5-6H2,1H3,(H,13,17)(H,15,16). The van der Waals surface area contributed by atoms with Gasteiger partial charge in [0, 0.05) is 18.8 Å². The van der Waals surface area contributed by atoms with Gasteiger partial charge in [-0.3, -0.25) is 4.90 Å². The highest BCUT2D eigenvalue weighted by atomic mass is 16.4. The molecule has 1 aliphatic heterocycles. The second-order valence-electron chi connectivity index (χ2n) is 4.04. The molecule has 0 spiro atoms. The highest BCUT2D eigenvalue weighted by molar-refractivity contribution is 5.96. The Morgan fingerprint density at radius 2 is 2.24 bits per heavy atom. The molecule has 0 radical (unpaired) electrons. The van der Waals surface area contributed by atoms with Crippen LogP contribution in [0.15, 0.2) is 18.2 Å². The van der Waals surface area contributed by atoms with Crippen LogP contribution in [0.3, 0.4) is 0 Å². The number of carbonyl (C=O) groups is 2. The molecule has 1 aliphatic rings. The molecule has 5 heteroatoms. The molecule has 17 heavy (non-hydrogen) atoms. The Morgan fingerprint density at radius 3 is 2.88 bits per heavy atom. The largest absolute Gasteiger partial charge is 0.478 e. The summed E-state index contributed by atoms with van der Waals surface area (Å²) in [5, 5.41) is 11.7. The van der Waals surface area contributed by atoms with E-state index in [2.05, 4.69) is 5.32 Å². The van der Waals surface area contributed by atoms with Crippen LogP contribution in [0.1, 0.15) is 22.3 Å². The number of urea groups is 1. The van der Waals surface area contributed by atoms with Gasteiger partial charge in [-0.05, 0) is 31.0 Å². The molecule has 0 saturated carbocycles. The lowest BCUT2D eigenvalue weighted by molar-refractivity contribution is 0.0697. The van der Waals surface area contributed by atoms with E-state index in [4.69, 9.17) is 5.11 Å². The van der Waals surface area contributed by atoms with Crippen molar-refractivity contribution in [2.45, 2.75) is 13.3 Å². The number of amides is 2. The van der Waals surface area contributed by atoms with Crippen molar-refractivity contribution in [2.75, 3.05) is 18.0 Å². The van der Waals surface area contributed by atoms with Crippen molar-refractivity contribution in [1.29, 1.82) is 0 Å². The van der Waals surface area contributed by atoms with Crippen molar-refractivity contribution in [1.82, 2.24) is 5.32 Å². The lowest BCUT2D eigenvalue weighted by Crippen LogP contribution is -2.46. The number of carboxylic acid groups (broad SMARTS) is 1. The highest BCUT2D eigenvalue weighted by Crippen LogP contribution is 2.23. The number of hydrogen-bond acceptors (Lipinski definition) is 2. The first-order valence-corrected chi connectivity index (χ1v) is 5.49. The van der Waals surface area contributed by atoms with E-state index in [0.29, 0.717) is 18.8 Å². The first-order chi connectivity index (χ1) is 8.09. The summed E-state index contributed by atoms with van der Waals surface area (Å²) < 4.78 is 0. The van der Waals surface area contributed by atoms with Gasteiger partial charge in [-0.25, -0.2) is 9.59 Å². The molecular weight excluding hydrogens is 220 g/mol. The molecule has 90 valence electrons. The van der Waals surface area contributed by atoms with Gasteiger partial charge in [0.05, 0.1) is 5.56 Å². The molecule has 2 N–H and O–H groups in total. The third-order valence-corrected chi connectivity index (χ3v) is 2.83. The van der Waals surface area contributed by atoms with Crippen LogP contribution < -0.4 is 10.2 Å². The second kappa shape index (κ2) is 4.45. The predicted octanol–water partition coefficient (Wildman–Crippen LogP) is 1.61. The number of carboxylic acids is 1. The minimum atomic E-state index is -0.983. The molecule has 1 aromatic carbocycles. The van der Waals surface area contributed by atoms with Gasteiger partial charge in [-0.15, -0.1) is 0 Å². The van der Waals surface area contributed by atoms with Crippen LogP contribution in [0.4, 0.5) is 10.5 Å². The van der Waals surface area contributed by atoms with Crippen LogP contribution >= 0.6 is 0 Å². The number of nitrogens with zero attached hydrogens (tertiary/aromatic N) is 1. The lowest BCUT2D eigenvalue weighted by Gasteiger charge is -2.28. The predicted molar refractivity (Wildman–Crippen MR) is 63.5 cm³/mol. The van der Waals surface area contributed by atoms with Gasteiger partial charge in [0.2, 0.25) is 0 Å². The highest BCUT2D eigenvalue weighted by Gasteiger charge is 2.21. The molecule has 0 aromatic heterocycles. The molecule has 2 amide bonds. The van der Waals surface area contributed by atoms with Crippen molar-refractivity contribution < 1.29 is 14.7 Å². The van der Waals surface area contributed by atoms with Crippen LogP contribution in [-0.4, -0.2) is 30.2 Å². The Bertz CT molecular complexity index is 471. The minimum Gasteiger partial charge on any atom is -0.478 e. The van der Waals surface area contributed by atoms with Crippen LogP contribution in [0.5, 0.6) is 0 Å². The van der Waals surface area contributed by atoms with Gasteiger partial charge in [0.15, 0.2) is 0 Å². The number of rotatable bonds is 2. The number of anilines is 1. The molecule has 0 aliphatic carbocycles. The summed E-state index contributed by atoms with van der Waals surface area (Å²) in [6.45, 7) is 3.16. The van der Waals surface area contributed by atoms with E-state index < -0.39 is 5.97 Å². The van der Waals surface area contributed by atoms with Gasteiger partial charge >= 0.3 is 12.0 Å². The monoisotopic (exact) mass is 234 g/mol. The van der Waals surface area contributed by atoms with E-state index in [9.17, 15) is 9.59 Å². The zero-order valence-corrected chi connectivity index (χ0v) is 9.56. The molecule has 1 fully saturated rings. The molecule has 1 heterocycles. The van der Waals surface area contributed by atoms with Crippen molar-refractivity contribution in [3.8, 4) is 0 Å². The third-order valence-electron chi connectivity index (χ3n) is 2.83. The molecule has 1 saturated heterocycles. The number of aryl methyl sites for hydroxylation is 1. The van der Waals surface area contributed by atoms with Crippen molar-refractivity contribution in [2.24, 2.45) is 0 Å². The van der Waals surface area contributed by atoms with Gasteiger partial charge in [0.1, 0.15) is 0 Å². The zero-order valence-electron chi connectivity index (χ0n) is 9.56. The average Bonchev–Trinajstić information content (AvgIpc) is 2.30. The van der Waals surface area contributed by atoms with E-state index in [1.807, 2.05) is 6.92 Å². The maximum absolute atomic E-state index is 11.7. The van der Waals surface area contributed by atoms with Crippen LogP contribution in [0.2, 0.25) is 0 Å². The number of benzene rings is 1. The van der Waals surface area contributed by atoms with Crippen molar-refractivity contribution >= 4 is 17.7 Å². The number of nitrogens with one attached hydrogen (secondary N) is 1. The van der Waals surface area contributed by atoms with Gasteiger partial charge < -0.3 is 10.4 Å². The SMILES string of the molecule is Cc1ccc(C(=O)O)cc1N1CCCNC1=O. The summed E-state index contributed by atoms with van der Waals surface area (Å²) in [5.41, 5.74) is 1.76. The third kappa shape index (κ3) is 2.22. The Balaban J connectivity index is 2.39. The number of aromatic carboxylic acids is 1. The first kappa shape index (κ1) is 11.4. The summed E-state index contributed by atoms with van der Waals surface area (Å²) in [6, 6.07) is 4.65. The van der Waals surface area contributed by atoms with Gasteiger partial charge in [-0.1, -0.05) is 6.07 Å². The minimum absolute atomic E-state index is 0.165. The fraction of sp³-hybridized carbons (Fsp3) is 0.333. The zero-order chi connectivity index (χ0) is 12.4. The van der Waals surface area contributed by atoms with Crippen LogP contribution in [0.25, 0.3) is 0 Å². The topological polar surface area (TPSA) is 69.6 Å². The Morgan fingerprint density at radius 1 is 1.47 bits per heavy atom. The fourth-order valence-electron chi connectivity index (χ4n) is 1.89. The maximum Gasteiger partial charge on any atom is 0.335 e. The van der Waals surface area contributed by atoms with Crippen molar-refractivity contribution in [3.63, 3.8) is 0 Å². The number of hydrogen-bond donors (Lipinski definition) is 2. The van der Waals surface area contributed by atoms with Crippen LogP contribution in [0, 0.1) is 6.92 Å². The fourth-order valence-corrected chi connectivity index (χ4v) is 1.89. The first-order valence-electron chi connectivity index (χ1n) is 5.49. The summed E-state index contributed by atoms with van der Waals surface area (Å²) in [6.07, 6.45) is 0.864. The molecule has 2 rings (SSSR count). The normalized spacial score (nSPS) is 15.6. The summed E-state index contributed by atoms with van der Waals surface area (Å²) in [7, 11) is 0. The van der Waals surface area contributed by atoms with E-state index in [-0.39, 0.29) is 11.6 Å². The molecular formula is C12H14N2O3. The summed E-state index contributed by atoms with van der Waals surface area (Å²) in [5.74, 6) is -0.983. The quantitative estimate of drug-likeness (QED) is 0.816. The van der Waals surface area contributed by atoms with E-state index in [1.165, 1.54) is 0 Å². The molecule has 5 nitrogen and oxygen atoms in total. The van der Waals surface area contributed by atoms with Crippen LogP contribution in [-0.2, 0) is 0 Å². The van der Waals surface area contributed by atoms with E-state index in [1.54, 1.807) is 23.1 Å². The summed E-state index contributed by atoms with van der Waals surface area (Å²) in [4.78, 5) is 24.2. The average molecular weight is 234 g/mol. The smallest absolute Gasteiger partial charge is 0.335 e. The Hall–Kier alpha value is -2.04. The molecule has 0 unspecified atom stereocenters. The maximum atomic E-state index is 11.7. The summed E-state index contributed by atoms with van der Waals surface area (Å²) >= 11 is 0. The van der Waals surface area contributed by atoms with Gasteiger partial charge in [0.25, 0.3) is 0 Å². The Kier molecular flexibility index (Phi) is 2.99. The second-order valence-corrected chi connectivity index (χ2v) is 4.04. The lowest BCUT2D eigenvalue weighted by atomic mass is 10.1. The van der Waals surface area contributed by atoms with Crippen molar-refractivity contribution in [3.05, 3.63) is 29.3 Å². The Labute approximate surface area is 99.0 Å². The molecule has 0 bridgehead atoms. The van der Waals surface area contributed by atoms with Gasteiger partial charge in [-0.2, -0.15) is 0 Å². The molecule has 1 aromatic rings.